The summed E-state index contributed by atoms with van der Waals surface area (Å²) in [7, 11) is 0. The number of aromatic nitrogens is 1. The SMILES string of the molecule is N=C(N)c1ccc(-c2cc(-c3ccc(CCC(=O)O)cc3)on2)cc1. The molecule has 0 amide bonds. The smallest absolute Gasteiger partial charge is 0.303 e. The fourth-order valence-electron chi connectivity index (χ4n) is 2.45. The van der Waals surface area contributed by atoms with Gasteiger partial charge in [0.2, 0.25) is 0 Å². The number of aryl methyl sites for hydroxylation is 1. The van der Waals surface area contributed by atoms with E-state index in [0.29, 0.717) is 23.4 Å². The molecule has 0 saturated heterocycles. The molecule has 4 N–H and O–H groups in total. The van der Waals surface area contributed by atoms with E-state index in [-0.39, 0.29) is 12.3 Å². The summed E-state index contributed by atoms with van der Waals surface area (Å²) in [5.74, 6) is -0.148. The molecule has 2 aromatic carbocycles. The lowest BCUT2D eigenvalue weighted by Gasteiger charge is -2.00. The molecule has 0 spiro atoms. The largest absolute Gasteiger partial charge is 0.481 e. The van der Waals surface area contributed by atoms with Crippen molar-refractivity contribution in [3.63, 3.8) is 0 Å². The Morgan fingerprint density at radius 1 is 1.08 bits per heavy atom. The van der Waals surface area contributed by atoms with Crippen LogP contribution in [0.1, 0.15) is 17.5 Å². The van der Waals surface area contributed by atoms with Crippen LogP contribution in [0.2, 0.25) is 0 Å². The molecule has 0 atom stereocenters. The molecule has 1 aromatic heterocycles. The third-order valence-electron chi connectivity index (χ3n) is 3.87. The van der Waals surface area contributed by atoms with Gasteiger partial charge in [-0.05, 0) is 12.0 Å². The molecule has 0 aliphatic carbocycles. The standard InChI is InChI=1S/C19H17N3O3/c20-19(21)15-8-6-13(7-9-15)16-11-17(25-22-16)14-4-1-12(2-5-14)3-10-18(23)24/h1-2,4-9,11H,3,10H2,(H3,20,21)(H,23,24). The molecule has 3 aromatic rings. The first-order valence-electron chi connectivity index (χ1n) is 7.75. The van der Waals surface area contributed by atoms with Gasteiger partial charge in [0.25, 0.3) is 0 Å². The van der Waals surface area contributed by atoms with Gasteiger partial charge in [0.1, 0.15) is 11.5 Å². The Bertz CT molecular complexity index is 896. The predicted molar refractivity (Wildman–Crippen MR) is 94.3 cm³/mol. The molecular weight excluding hydrogens is 318 g/mol. The van der Waals surface area contributed by atoms with Gasteiger partial charge in [-0.15, -0.1) is 0 Å². The minimum Gasteiger partial charge on any atom is -0.481 e. The van der Waals surface area contributed by atoms with E-state index in [1.165, 1.54) is 0 Å². The first kappa shape index (κ1) is 16.4. The number of carbonyl (C=O) groups is 1. The second kappa shape index (κ2) is 7.00. The zero-order valence-corrected chi connectivity index (χ0v) is 13.4. The lowest BCUT2D eigenvalue weighted by Crippen LogP contribution is -2.10. The Morgan fingerprint density at radius 3 is 2.32 bits per heavy atom. The van der Waals surface area contributed by atoms with Crippen molar-refractivity contribution in [2.24, 2.45) is 5.73 Å². The third-order valence-corrected chi connectivity index (χ3v) is 3.87. The van der Waals surface area contributed by atoms with E-state index in [1.807, 2.05) is 42.5 Å². The van der Waals surface area contributed by atoms with Gasteiger partial charge in [0.15, 0.2) is 5.76 Å². The highest BCUT2D eigenvalue weighted by Crippen LogP contribution is 2.26. The molecule has 126 valence electrons. The molecule has 0 aliphatic heterocycles. The summed E-state index contributed by atoms with van der Waals surface area (Å²) < 4.78 is 5.41. The minimum absolute atomic E-state index is 0.0235. The van der Waals surface area contributed by atoms with Gasteiger partial charge >= 0.3 is 5.97 Å². The van der Waals surface area contributed by atoms with Crippen molar-refractivity contribution in [2.75, 3.05) is 0 Å². The van der Waals surface area contributed by atoms with Crippen molar-refractivity contribution in [3.05, 3.63) is 65.7 Å². The molecule has 0 aliphatic rings. The van der Waals surface area contributed by atoms with Crippen molar-refractivity contribution < 1.29 is 14.4 Å². The number of benzene rings is 2. The van der Waals surface area contributed by atoms with E-state index in [1.54, 1.807) is 12.1 Å². The van der Waals surface area contributed by atoms with Crippen LogP contribution in [0, 0.1) is 5.41 Å². The Hall–Kier alpha value is -3.41. The number of nitrogens with zero attached hydrogens (tertiary/aromatic N) is 1. The predicted octanol–water partition coefficient (Wildman–Crippen LogP) is 3.31. The Kier molecular flexibility index (Phi) is 4.61. The van der Waals surface area contributed by atoms with Crippen LogP contribution in [0.25, 0.3) is 22.6 Å². The number of amidine groups is 1. The average Bonchev–Trinajstić information content (AvgIpc) is 3.10. The van der Waals surface area contributed by atoms with Gasteiger partial charge in [-0.2, -0.15) is 0 Å². The zero-order chi connectivity index (χ0) is 17.8. The maximum Gasteiger partial charge on any atom is 0.303 e. The maximum absolute atomic E-state index is 10.6. The second-order valence-electron chi connectivity index (χ2n) is 5.66. The van der Waals surface area contributed by atoms with Crippen molar-refractivity contribution in [2.45, 2.75) is 12.8 Å². The van der Waals surface area contributed by atoms with Crippen LogP contribution in [0.5, 0.6) is 0 Å². The van der Waals surface area contributed by atoms with Gasteiger partial charge in [-0.3, -0.25) is 10.2 Å². The van der Waals surface area contributed by atoms with Gasteiger partial charge in [0.05, 0.1) is 0 Å². The van der Waals surface area contributed by atoms with E-state index in [0.717, 1.165) is 16.7 Å². The molecule has 0 fully saturated rings. The molecule has 0 unspecified atom stereocenters. The van der Waals surface area contributed by atoms with E-state index in [4.69, 9.17) is 20.8 Å². The number of nitrogens with two attached hydrogens (primary N) is 1. The quantitative estimate of drug-likeness (QED) is 0.472. The van der Waals surface area contributed by atoms with Gasteiger partial charge in [-0.1, -0.05) is 53.7 Å². The first-order chi connectivity index (χ1) is 12.0. The number of rotatable bonds is 6. The summed E-state index contributed by atoms with van der Waals surface area (Å²) in [5, 5.41) is 20.2. The van der Waals surface area contributed by atoms with Gasteiger partial charge < -0.3 is 15.4 Å². The first-order valence-corrected chi connectivity index (χ1v) is 7.75. The molecule has 6 heteroatoms. The van der Waals surface area contributed by atoms with E-state index < -0.39 is 5.97 Å². The van der Waals surface area contributed by atoms with Crippen LogP contribution in [0.15, 0.2) is 59.1 Å². The number of carboxylic acids is 1. The molecular formula is C19H17N3O3. The highest BCUT2D eigenvalue weighted by molar-refractivity contribution is 5.95. The lowest BCUT2D eigenvalue weighted by molar-refractivity contribution is -0.136. The highest BCUT2D eigenvalue weighted by Gasteiger charge is 2.09. The number of hydrogen-bond donors (Lipinski definition) is 3. The summed E-state index contributed by atoms with van der Waals surface area (Å²) in [5.41, 5.74) is 9.51. The minimum atomic E-state index is -0.806. The number of hydrogen-bond acceptors (Lipinski definition) is 4. The summed E-state index contributed by atoms with van der Waals surface area (Å²) in [6.45, 7) is 0. The molecule has 0 radical (unpaired) electrons. The van der Waals surface area contributed by atoms with Gasteiger partial charge in [0, 0.05) is 29.2 Å². The summed E-state index contributed by atoms with van der Waals surface area (Å²) in [4.78, 5) is 10.6. The van der Waals surface area contributed by atoms with Crippen molar-refractivity contribution in [3.8, 4) is 22.6 Å². The zero-order valence-electron chi connectivity index (χ0n) is 13.4. The van der Waals surface area contributed by atoms with Crippen LogP contribution < -0.4 is 5.73 Å². The topological polar surface area (TPSA) is 113 Å². The lowest BCUT2D eigenvalue weighted by atomic mass is 10.0. The highest BCUT2D eigenvalue weighted by atomic mass is 16.5. The molecule has 0 saturated carbocycles. The fraction of sp³-hybridized carbons (Fsp3) is 0.105. The van der Waals surface area contributed by atoms with Crippen molar-refractivity contribution in [1.29, 1.82) is 5.41 Å². The summed E-state index contributed by atoms with van der Waals surface area (Å²) >= 11 is 0. The maximum atomic E-state index is 10.6. The number of aliphatic carboxylic acids is 1. The molecule has 6 nitrogen and oxygen atoms in total. The normalized spacial score (nSPS) is 10.6. The van der Waals surface area contributed by atoms with E-state index in [9.17, 15) is 4.79 Å². The fourth-order valence-corrected chi connectivity index (χ4v) is 2.45. The Balaban J connectivity index is 1.76. The van der Waals surface area contributed by atoms with Gasteiger partial charge in [-0.25, -0.2) is 0 Å². The van der Waals surface area contributed by atoms with E-state index >= 15 is 0 Å². The number of nitrogens with one attached hydrogen (secondary N) is 1. The summed E-state index contributed by atoms with van der Waals surface area (Å²) in [6, 6.07) is 16.6. The Labute approximate surface area is 144 Å². The number of nitrogen functional groups attached to an aromatic ring is 1. The summed E-state index contributed by atoms with van der Waals surface area (Å²) in [6.07, 6.45) is 0.613. The second-order valence-corrected chi connectivity index (χ2v) is 5.66. The third kappa shape index (κ3) is 3.92. The van der Waals surface area contributed by atoms with Crippen molar-refractivity contribution in [1.82, 2.24) is 5.16 Å². The molecule has 0 bridgehead atoms. The Morgan fingerprint density at radius 2 is 1.72 bits per heavy atom. The van der Waals surface area contributed by atoms with Crippen LogP contribution in [-0.4, -0.2) is 22.1 Å². The molecule has 25 heavy (non-hydrogen) atoms. The van der Waals surface area contributed by atoms with E-state index in [2.05, 4.69) is 5.16 Å². The van der Waals surface area contributed by atoms with Crippen LogP contribution in [0.3, 0.4) is 0 Å². The van der Waals surface area contributed by atoms with Crippen molar-refractivity contribution >= 4 is 11.8 Å². The monoisotopic (exact) mass is 335 g/mol. The number of carboxylic acid groups (broad SMARTS) is 1. The van der Waals surface area contributed by atoms with Crippen LogP contribution >= 0.6 is 0 Å². The van der Waals surface area contributed by atoms with Crippen LogP contribution in [-0.2, 0) is 11.2 Å². The molecule has 1 heterocycles. The average molecular weight is 335 g/mol. The van der Waals surface area contributed by atoms with Crippen LogP contribution in [0.4, 0.5) is 0 Å². The molecule has 3 rings (SSSR count).